The minimum absolute atomic E-state index is 0.939. The maximum absolute atomic E-state index is 4.32. The molecule has 0 atom stereocenters. The second-order valence-corrected chi connectivity index (χ2v) is 4.49. The van der Waals surface area contributed by atoms with Crippen molar-refractivity contribution in [1.29, 1.82) is 0 Å². The van der Waals surface area contributed by atoms with Crippen molar-refractivity contribution in [1.82, 2.24) is 9.88 Å². The maximum atomic E-state index is 4.32. The highest BCUT2D eigenvalue weighted by atomic mass is 32.1. The molecule has 0 amide bonds. The van der Waals surface area contributed by atoms with Crippen LogP contribution in [0.5, 0.6) is 0 Å². The summed E-state index contributed by atoms with van der Waals surface area (Å²) in [5.41, 5.74) is 4.42. The van der Waals surface area contributed by atoms with Gasteiger partial charge in [0.2, 0.25) is 0 Å². The summed E-state index contributed by atoms with van der Waals surface area (Å²) in [6, 6.07) is 10.6. The van der Waals surface area contributed by atoms with Gasteiger partial charge in [-0.2, -0.15) is 0 Å². The molecule has 3 heteroatoms. The zero-order valence-corrected chi connectivity index (χ0v) is 10.3. The molecular weight excluding hydrogens is 216 g/mol. The number of nitrogens with zero attached hydrogens (tertiary/aromatic N) is 2. The van der Waals surface area contributed by atoms with E-state index in [9.17, 15) is 0 Å². The van der Waals surface area contributed by atoms with Crippen LogP contribution in [-0.4, -0.2) is 16.4 Å². The number of hydrogen-bond donors (Lipinski definition) is 0. The summed E-state index contributed by atoms with van der Waals surface area (Å²) in [5, 5.41) is 2.12. The Morgan fingerprint density at radius 2 is 2.00 bits per heavy atom. The van der Waals surface area contributed by atoms with E-state index in [4.69, 9.17) is 0 Å². The third-order valence-electron chi connectivity index (χ3n) is 2.57. The summed E-state index contributed by atoms with van der Waals surface area (Å²) >= 11 is 1.66. The van der Waals surface area contributed by atoms with Gasteiger partial charge in [-0.1, -0.05) is 37.3 Å². The van der Waals surface area contributed by atoms with E-state index in [0.29, 0.717) is 0 Å². The molecule has 0 aliphatic rings. The average molecular weight is 232 g/mol. The van der Waals surface area contributed by atoms with Crippen molar-refractivity contribution in [3.05, 3.63) is 52.5 Å². The fraction of sp³-hybridized carbons (Fsp3) is 0.308. The van der Waals surface area contributed by atoms with Crippen LogP contribution in [0.2, 0.25) is 0 Å². The molecule has 16 heavy (non-hydrogen) atoms. The van der Waals surface area contributed by atoms with Gasteiger partial charge >= 0.3 is 0 Å². The quantitative estimate of drug-likeness (QED) is 0.787. The molecule has 0 saturated heterocycles. The molecule has 2 rings (SSSR count). The van der Waals surface area contributed by atoms with E-state index in [1.54, 1.807) is 11.3 Å². The number of aromatic nitrogens is 1. The lowest BCUT2D eigenvalue weighted by Gasteiger charge is -2.19. The minimum atomic E-state index is 0.939. The normalized spacial score (nSPS) is 10.9. The molecule has 0 bridgehead atoms. The van der Waals surface area contributed by atoms with Gasteiger partial charge in [0.25, 0.3) is 0 Å². The molecule has 0 aliphatic heterocycles. The lowest BCUT2D eigenvalue weighted by Crippen LogP contribution is -2.22. The van der Waals surface area contributed by atoms with Crippen LogP contribution < -0.4 is 0 Å². The highest BCUT2D eigenvalue weighted by Gasteiger charge is 2.05. The first-order valence-electron chi connectivity index (χ1n) is 5.52. The van der Waals surface area contributed by atoms with Gasteiger partial charge < -0.3 is 0 Å². The van der Waals surface area contributed by atoms with Crippen molar-refractivity contribution in [3.8, 4) is 0 Å². The van der Waals surface area contributed by atoms with Crippen LogP contribution in [0.3, 0.4) is 0 Å². The Labute approximate surface area is 101 Å². The average Bonchev–Trinajstić information content (AvgIpc) is 2.82. The first-order chi connectivity index (χ1) is 7.88. The molecule has 2 aromatic rings. The zero-order valence-electron chi connectivity index (χ0n) is 9.47. The van der Waals surface area contributed by atoms with E-state index in [1.807, 2.05) is 5.51 Å². The van der Waals surface area contributed by atoms with Gasteiger partial charge in [-0.25, -0.2) is 4.98 Å². The van der Waals surface area contributed by atoms with Crippen LogP contribution in [0.25, 0.3) is 0 Å². The highest BCUT2D eigenvalue weighted by Crippen LogP contribution is 2.09. The van der Waals surface area contributed by atoms with Crippen molar-refractivity contribution >= 4 is 11.3 Å². The van der Waals surface area contributed by atoms with Gasteiger partial charge in [0.15, 0.2) is 0 Å². The molecular formula is C13H16N2S. The summed E-state index contributed by atoms with van der Waals surface area (Å²) in [5.74, 6) is 0. The predicted octanol–water partition coefficient (Wildman–Crippen LogP) is 3.17. The molecule has 0 unspecified atom stereocenters. The van der Waals surface area contributed by atoms with Crippen molar-refractivity contribution in [2.45, 2.75) is 20.0 Å². The summed E-state index contributed by atoms with van der Waals surface area (Å²) in [6.07, 6.45) is 0. The SMILES string of the molecule is CCN(Cc1ccccc1)Cc1cscn1. The van der Waals surface area contributed by atoms with Crippen molar-refractivity contribution in [2.24, 2.45) is 0 Å². The number of rotatable bonds is 5. The predicted molar refractivity (Wildman–Crippen MR) is 68.3 cm³/mol. The molecule has 84 valence electrons. The van der Waals surface area contributed by atoms with E-state index in [2.05, 4.69) is 52.5 Å². The van der Waals surface area contributed by atoms with Crippen molar-refractivity contribution < 1.29 is 0 Å². The zero-order chi connectivity index (χ0) is 11.2. The van der Waals surface area contributed by atoms with E-state index in [0.717, 1.165) is 19.6 Å². The first-order valence-corrected chi connectivity index (χ1v) is 6.46. The number of thiazole rings is 1. The highest BCUT2D eigenvalue weighted by molar-refractivity contribution is 7.07. The van der Waals surface area contributed by atoms with E-state index in [1.165, 1.54) is 11.3 Å². The number of benzene rings is 1. The monoisotopic (exact) mass is 232 g/mol. The number of hydrogen-bond acceptors (Lipinski definition) is 3. The molecule has 1 heterocycles. The first kappa shape index (κ1) is 11.3. The molecule has 0 fully saturated rings. The maximum Gasteiger partial charge on any atom is 0.0795 e. The van der Waals surface area contributed by atoms with Gasteiger partial charge in [0.05, 0.1) is 11.2 Å². The van der Waals surface area contributed by atoms with E-state index >= 15 is 0 Å². The summed E-state index contributed by atoms with van der Waals surface area (Å²) in [4.78, 5) is 6.72. The molecule has 0 N–H and O–H groups in total. The van der Waals surface area contributed by atoms with Crippen LogP contribution >= 0.6 is 11.3 Å². The van der Waals surface area contributed by atoms with Crippen LogP contribution in [0.4, 0.5) is 0 Å². The molecule has 0 aliphatic carbocycles. The van der Waals surface area contributed by atoms with E-state index < -0.39 is 0 Å². The third kappa shape index (κ3) is 3.15. The molecule has 1 aromatic carbocycles. The molecule has 0 spiro atoms. The van der Waals surface area contributed by atoms with Gasteiger partial charge in [0.1, 0.15) is 0 Å². The molecule has 2 nitrogen and oxygen atoms in total. The van der Waals surface area contributed by atoms with Crippen molar-refractivity contribution in [3.63, 3.8) is 0 Å². The molecule has 0 radical (unpaired) electrons. The Kier molecular flexibility index (Phi) is 4.08. The summed E-state index contributed by atoms with van der Waals surface area (Å²) in [6.45, 7) is 5.17. The van der Waals surface area contributed by atoms with Crippen LogP contribution in [-0.2, 0) is 13.1 Å². The van der Waals surface area contributed by atoms with Crippen LogP contribution in [0.15, 0.2) is 41.2 Å². The lowest BCUT2D eigenvalue weighted by molar-refractivity contribution is 0.268. The van der Waals surface area contributed by atoms with Gasteiger partial charge in [-0.15, -0.1) is 11.3 Å². The summed E-state index contributed by atoms with van der Waals surface area (Å²) < 4.78 is 0. The standard InChI is InChI=1S/C13H16N2S/c1-2-15(9-13-10-16-11-14-13)8-12-6-4-3-5-7-12/h3-7,10-11H,2,8-9H2,1H3. The second kappa shape index (κ2) is 5.77. The molecule has 1 aromatic heterocycles. The van der Waals surface area contributed by atoms with Gasteiger partial charge in [-0.05, 0) is 12.1 Å². The second-order valence-electron chi connectivity index (χ2n) is 3.77. The largest absolute Gasteiger partial charge is 0.294 e. The third-order valence-corrected chi connectivity index (χ3v) is 3.20. The Bertz CT molecular complexity index is 397. The van der Waals surface area contributed by atoms with Gasteiger partial charge in [-0.3, -0.25) is 4.90 Å². The Morgan fingerprint density at radius 1 is 1.19 bits per heavy atom. The topological polar surface area (TPSA) is 16.1 Å². The van der Waals surface area contributed by atoms with Crippen LogP contribution in [0, 0.1) is 0 Å². The Hall–Kier alpha value is -1.19. The Balaban J connectivity index is 1.96. The minimum Gasteiger partial charge on any atom is -0.294 e. The Morgan fingerprint density at radius 3 is 2.62 bits per heavy atom. The fourth-order valence-electron chi connectivity index (χ4n) is 1.67. The lowest BCUT2D eigenvalue weighted by atomic mass is 10.2. The summed E-state index contributed by atoms with van der Waals surface area (Å²) in [7, 11) is 0. The fourth-order valence-corrected chi connectivity index (χ4v) is 2.22. The van der Waals surface area contributed by atoms with E-state index in [-0.39, 0.29) is 0 Å². The molecule has 0 saturated carbocycles. The smallest absolute Gasteiger partial charge is 0.0795 e. The van der Waals surface area contributed by atoms with Crippen molar-refractivity contribution in [2.75, 3.05) is 6.54 Å². The van der Waals surface area contributed by atoms with Gasteiger partial charge in [0, 0.05) is 18.5 Å². The van der Waals surface area contributed by atoms with Crippen LogP contribution in [0.1, 0.15) is 18.2 Å².